The van der Waals surface area contributed by atoms with Gasteiger partial charge in [0.1, 0.15) is 0 Å². The first kappa shape index (κ1) is 18.3. The number of rotatable bonds is 5. The second-order valence-corrected chi connectivity index (χ2v) is 5.62. The van der Waals surface area contributed by atoms with Crippen LogP contribution in [0.2, 0.25) is 0 Å². The molecule has 4 heteroatoms. The van der Waals surface area contributed by atoms with E-state index in [1.54, 1.807) is 0 Å². The molecule has 1 saturated carbocycles. The second-order valence-electron chi connectivity index (χ2n) is 5.62. The van der Waals surface area contributed by atoms with E-state index in [-0.39, 0.29) is 24.0 Å². The molecule has 0 heterocycles. The predicted molar refractivity (Wildman–Crippen MR) is 102 cm³/mol. The average molecular weight is 401 g/mol. The zero-order valence-corrected chi connectivity index (χ0v) is 15.5. The SMILES string of the molecule is CCNC(=NCCc1ccc(C)cc1)NC1CCCC1.I. The first-order valence-corrected chi connectivity index (χ1v) is 7.88. The number of nitrogens with one attached hydrogen (secondary N) is 2. The van der Waals surface area contributed by atoms with Crippen LogP contribution in [0.5, 0.6) is 0 Å². The van der Waals surface area contributed by atoms with Crippen molar-refractivity contribution in [1.82, 2.24) is 10.6 Å². The maximum absolute atomic E-state index is 4.69. The number of nitrogens with zero attached hydrogens (tertiary/aromatic N) is 1. The molecule has 0 bridgehead atoms. The van der Waals surface area contributed by atoms with Gasteiger partial charge in [-0.2, -0.15) is 0 Å². The largest absolute Gasteiger partial charge is 0.357 e. The first-order valence-electron chi connectivity index (χ1n) is 7.88. The molecule has 2 N–H and O–H groups in total. The van der Waals surface area contributed by atoms with Crippen LogP contribution in [0, 0.1) is 6.92 Å². The van der Waals surface area contributed by atoms with E-state index in [0.717, 1.165) is 25.5 Å². The van der Waals surface area contributed by atoms with Crippen molar-refractivity contribution < 1.29 is 0 Å². The second kappa shape index (κ2) is 10.0. The van der Waals surface area contributed by atoms with Crippen molar-refractivity contribution in [3.8, 4) is 0 Å². The van der Waals surface area contributed by atoms with Crippen LogP contribution in [0.1, 0.15) is 43.7 Å². The van der Waals surface area contributed by atoms with Gasteiger partial charge in [-0.25, -0.2) is 0 Å². The molecule has 0 unspecified atom stereocenters. The van der Waals surface area contributed by atoms with Gasteiger partial charge >= 0.3 is 0 Å². The summed E-state index contributed by atoms with van der Waals surface area (Å²) in [6, 6.07) is 9.35. The van der Waals surface area contributed by atoms with Crippen LogP contribution < -0.4 is 10.6 Å². The van der Waals surface area contributed by atoms with E-state index in [4.69, 9.17) is 0 Å². The summed E-state index contributed by atoms with van der Waals surface area (Å²) in [6.45, 7) is 6.00. The lowest BCUT2D eigenvalue weighted by Crippen LogP contribution is -2.42. The Morgan fingerprint density at radius 1 is 1.19 bits per heavy atom. The molecular formula is C17H28IN3. The number of hydrogen-bond donors (Lipinski definition) is 2. The molecule has 118 valence electrons. The van der Waals surface area contributed by atoms with Gasteiger partial charge < -0.3 is 10.6 Å². The Morgan fingerprint density at radius 2 is 1.86 bits per heavy atom. The van der Waals surface area contributed by atoms with Gasteiger partial charge in [0.2, 0.25) is 0 Å². The van der Waals surface area contributed by atoms with Gasteiger partial charge in [-0.3, -0.25) is 4.99 Å². The van der Waals surface area contributed by atoms with Crippen LogP contribution in [-0.2, 0) is 6.42 Å². The van der Waals surface area contributed by atoms with Gasteiger partial charge in [-0.05, 0) is 38.7 Å². The molecular weight excluding hydrogens is 373 g/mol. The third-order valence-electron chi connectivity index (χ3n) is 3.83. The number of halogens is 1. The van der Waals surface area contributed by atoms with Crippen LogP contribution >= 0.6 is 24.0 Å². The normalized spacial score (nSPS) is 15.6. The van der Waals surface area contributed by atoms with Gasteiger partial charge in [0, 0.05) is 19.1 Å². The highest BCUT2D eigenvalue weighted by atomic mass is 127. The van der Waals surface area contributed by atoms with E-state index < -0.39 is 0 Å². The minimum absolute atomic E-state index is 0. The van der Waals surface area contributed by atoms with Crippen LogP contribution in [0.3, 0.4) is 0 Å². The molecule has 21 heavy (non-hydrogen) atoms. The maximum atomic E-state index is 4.69. The molecule has 1 fully saturated rings. The fourth-order valence-corrected chi connectivity index (χ4v) is 2.64. The molecule has 1 aliphatic rings. The summed E-state index contributed by atoms with van der Waals surface area (Å²) in [6.07, 6.45) is 6.26. The van der Waals surface area contributed by atoms with E-state index in [0.29, 0.717) is 6.04 Å². The van der Waals surface area contributed by atoms with E-state index in [2.05, 4.69) is 53.7 Å². The molecule has 0 saturated heterocycles. The highest BCUT2D eigenvalue weighted by Crippen LogP contribution is 2.17. The lowest BCUT2D eigenvalue weighted by molar-refractivity contribution is 0.614. The Kier molecular flexibility index (Phi) is 8.73. The molecule has 1 aromatic carbocycles. The average Bonchev–Trinajstić information content (AvgIpc) is 2.94. The van der Waals surface area contributed by atoms with Crippen LogP contribution in [0.4, 0.5) is 0 Å². The van der Waals surface area contributed by atoms with Crippen molar-refractivity contribution in [2.45, 2.75) is 52.0 Å². The smallest absolute Gasteiger partial charge is 0.191 e. The maximum Gasteiger partial charge on any atom is 0.191 e. The number of guanidine groups is 1. The molecule has 0 atom stereocenters. The Hall–Kier alpha value is -0.780. The molecule has 1 aromatic rings. The number of benzene rings is 1. The van der Waals surface area contributed by atoms with Crippen molar-refractivity contribution in [1.29, 1.82) is 0 Å². The van der Waals surface area contributed by atoms with Gasteiger partial charge in [0.05, 0.1) is 0 Å². The van der Waals surface area contributed by atoms with Crippen molar-refractivity contribution in [3.63, 3.8) is 0 Å². The Labute approximate surface area is 146 Å². The highest BCUT2D eigenvalue weighted by molar-refractivity contribution is 14.0. The highest BCUT2D eigenvalue weighted by Gasteiger charge is 2.15. The van der Waals surface area contributed by atoms with Crippen LogP contribution in [-0.4, -0.2) is 25.1 Å². The molecule has 3 nitrogen and oxygen atoms in total. The van der Waals surface area contributed by atoms with E-state index in [1.807, 2.05) is 0 Å². The minimum Gasteiger partial charge on any atom is -0.357 e. The first-order chi connectivity index (χ1) is 9.78. The standard InChI is InChI=1S/C17H27N3.HI/c1-3-18-17(20-16-6-4-5-7-16)19-13-12-15-10-8-14(2)9-11-15;/h8-11,16H,3-7,12-13H2,1-2H3,(H2,18,19,20);1H. The number of aryl methyl sites for hydroxylation is 1. The summed E-state index contributed by atoms with van der Waals surface area (Å²) in [5, 5.41) is 6.89. The minimum atomic E-state index is 0. The van der Waals surface area contributed by atoms with Crippen molar-refractivity contribution in [2.24, 2.45) is 4.99 Å². The van der Waals surface area contributed by atoms with Gasteiger partial charge in [-0.1, -0.05) is 42.7 Å². The monoisotopic (exact) mass is 401 g/mol. The van der Waals surface area contributed by atoms with Crippen LogP contribution in [0.15, 0.2) is 29.3 Å². The summed E-state index contributed by atoms with van der Waals surface area (Å²) >= 11 is 0. The fourth-order valence-electron chi connectivity index (χ4n) is 2.64. The summed E-state index contributed by atoms with van der Waals surface area (Å²) in [7, 11) is 0. The summed E-state index contributed by atoms with van der Waals surface area (Å²) in [5.74, 6) is 0.978. The van der Waals surface area contributed by atoms with Crippen LogP contribution in [0.25, 0.3) is 0 Å². The zero-order valence-electron chi connectivity index (χ0n) is 13.2. The van der Waals surface area contributed by atoms with E-state index >= 15 is 0 Å². The summed E-state index contributed by atoms with van der Waals surface area (Å²) in [5.41, 5.74) is 2.67. The van der Waals surface area contributed by atoms with Crippen molar-refractivity contribution in [2.75, 3.05) is 13.1 Å². The Bertz CT molecular complexity index is 422. The molecule has 1 aliphatic carbocycles. The molecule has 0 spiro atoms. The quantitative estimate of drug-likeness (QED) is 0.449. The van der Waals surface area contributed by atoms with Gasteiger partial charge in [0.15, 0.2) is 5.96 Å². The zero-order chi connectivity index (χ0) is 14.2. The molecule has 0 aromatic heterocycles. The lowest BCUT2D eigenvalue weighted by Gasteiger charge is -2.16. The Morgan fingerprint density at radius 3 is 2.48 bits per heavy atom. The molecule has 0 aliphatic heterocycles. The number of hydrogen-bond acceptors (Lipinski definition) is 1. The van der Waals surface area contributed by atoms with Crippen molar-refractivity contribution in [3.05, 3.63) is 35.4 Å². The van der Waals surface area contributed by atoms with Crippen molar-refractivity contribution >= 4 is 29.9 Å². The molecule has 2 rings (SSSR count). The fraction of sp³-hybridized carbons (Fsp3) is 0.588. The third-order valence-corrected chi connectivity index (χ3v) is 3.83. The van der Waals surface area contributed by atoms with Gasteiger partial charge in [0.25, 0.3) is 0 Å². The number of aliphatic imine (C=N–C) groups is 1. The lowest BCUT2D eigenvalue weighted by atomic mass is 10.1. The summed E-state index contributed by atoms with van der Waals surface area (Å²) in [4.78, 5) is 4.69. The van der Waals surface area contributed by atoms with Gasteiger partial charge in [-0.15, -0.1) is 24.0 Å². The topological polar surface area (TPSA) is 36.4 Å². The Balaban J connectivity index is 0.00000220. The van der Waals surface area contributed by atoms with E-state index in [9.17, 15) is 0 Å². The third kappa shape index (κ3) is 6.68. The summed E-state index contributed by atoms with van der Waals surface area (Å²) < 4.78 is 0. The predicted octanol–water partition coefficient (Wildman–Crippen LogP) is 3.65. The molecule has 0 radical (unpaired) electrons. The van der Waals surface area contributed by atoms with E-state index in [1.165, 1.54) is 36.8 Å². The molecule has 0 amide bonds.